The number of aliphatic carboxylic acids is 1. The molecule has 1 rings (SSSR count). The lowest BCUT2D eigenvalue weighted by Gasteiger charge is -2.41. The standard InChI is InChI=1S/C15H24O2/c1-11(10-14(16)17)7-8-13-12(2)6-5-9-15(13,3)4/h7-8,10,12-13H,5-6,9H2,1-4H3,(H,16,17)/b8-7+,11-10+. The number of allylic oxidation sites excluding steroid dienone is 3. The van der Waals surface area contributed by atoms with E-state index in [1.165, 1.54) is 25.3 Å². The van der Waals surface area contributed by atoms with Crippen molar-refractivity contribution in [2.24, 2.45) is 17.3 Å². The van der Waals surface area contributed by atoms with E-state index < -0.39 is 5.97 Å². The fourth-order valence-corrected chi connectivity index (χ4v) is 2.94. The van der Waals surface area contributed by atoms with Crippen molar-refractivity contribution < 1.29 is 9.90 Å². The molecule has 0 saturated heterocycles. The first-order chi connectivity index (χ1) is 7.83. The topological polar surface area (TPSA) is 37.3 Å². The molecule has 0 heterocycles. The summed E-state index contributed by atoms with van der Waals surface area (Å²) in [7, 11) is 0. The predicted molar refractivity (Wildman–Crippen MR) is 70.8 cm³/mol. The minimum absolute atomic E-state index is 0.331. The Bertz CT molecular complexity index is 337. The van der Waals surface area contributed by atoms with Gasteiger partial charge in [-0.05, 0) is 36.2 Å². The molecule has 2 nitrogen and oxygen atoms in total. The highest BCUT2D eigenvalue weighted by atomic mass is 16.4. The number of carboxylic acid groups (broad SMARTS) is 1. The number of rotatable bonds is 3. The molecule has 1 fully saturated rings. The number of carbonyl (C=O) groups is 1. The van der Waals surface area contributed by atoms with Gasteiger partial charge in [-0.3, -0.25) is 0 Å². The van der Waals surface area contributed by atoms with Crippen LogP contribution >= 0.6 is 0 Å². The molecule has 2 heteroatoms. The molecule has 0 bridgehead atoms. The summed E-state index contributed by atoms with van der Waals surface area (Å²) in [6.07, 6.45) is 9.27. The van der Waals surface area contributed by atoms with Crippen molar-refractivity contribution >= 4 is 5.97 Å². The van der Waals surface area contributed by atoms with Gasteiger partial charge >= 0.3 is 5.97 Å². The molecular weight excluding hydrogens is 212 g/mol. The van der Waals surface area contributed by atoms with Crippen molar-refractivity contribution in [3.63, 3.8) is 0 Å². The SMILES string of the molecule is CC(/C=C/C1C(C)CCCC1(C)C)=C\C(=O)O. The molecular formula is C15H24O2. The number of hydrogen-bond donors (Lipinski definition) is 1. The van der Waals surface area contributed by atoms with E-state index in [1.54, 1.807) is 0 Å². The molecule has 2 unspecified atom stereocenters. The molecule has 1 aliphatic rings. The van der Waals surface area contributed by atoms with Gasteiger partial charge < -0.3 is 5.11 Å². The molecule has 0 amide bonds. The van der Waals surface area contributed by atoms with Crippen molar-refractivity contribution in [2.75, 3.05) is 0 Å². The first kappa shape index (κ1) is 14.0. The lowest BCUT2D eigenvalue weighted by molar-refractivity contribution is -0.131. The molecule has 0 aliphatic heterocycles. The Kier molecular flexibility index (Phi) is 4.55. The maximum absolute atomic E-state index is 10.5. The van der Waals surface area contributed by atoms with Crippen LogP contribution in [0, 0.1) is 17.3 Å². The Morgan fingerprint density at radius 2 is 2.06 bits per heavy atom. The minimum Gasteiger partial charge on any atom is -0.478 e. The van der Waals surface area contributed by atoms with E-state index in [-0.39, 0.29) is 0 Å². The second-order valence-electron chi connectivity index (χ2n) is 5.97. The third-order valence-electron chi connectivity index (χ3n) is 3.91. The summed E-state index contributed by atoms with van der Waals surface area (Å²) in [5.74, 6) is 0.365. The fourth-order valence-electron chi connectivity index (χ4n) is 2.94. The molecule has 1 N–H and O–H groups in total. The van der Waals surface area contributed by atoms with Gasteiger partial charge in [0.15, 0.2) is 0 Å². The van der Waals surface area contributed by atoms with E-state index >= 15 is 0 Å². The van der Waals surface area contributed by atoms with Gasteiger partial charge in [0.2, 0.25) is 0 Å². The molecule has 0 spiro atoms. The molecule has 96 valence electrons. The normalized spacial score (nSPS) is 29.5. The third kappa shape index (κ3) is 4.03. The van der Waals surface area contributed by atoms with Crippen molar-refractivity contribution in [1.82, 2.24) is 0 Å². The zero-order valence-electron chi connectivity index (χ0n) is 11.4. The summed E-state index contributed by atoms with van der Waals surface area (Å²) in [5, 5.41) is 8.67. The smallest absolute Gasteiger partial charge is 0.328 e. The number of hydrogen-bond acceptors (Lipinski definition) is 1. The highest BCUT2D eigenvalue weighted by Gasteiger charge is 2.34. The third-order valence-corrected chi connectivity index (χ3v) is 3.91. The highest BCUT2D eigenvalue weighted by Crippen LogP contribution is 2.44. The van der Waals surface area contributed by atoms with Crippen molar-refractivity contribution in [2.45, 2.75) is 47.0 Å². The second-order valence-corrected chi connectivity index (χ2v) is 5.97. The molecule has 0 aromatic heterocycles. The summed E-state index contributed by atoms with van der Waals surface area (Å²) in [5.41, 5.74) is 1.14. The Morgan fingerprint density at radius 1 is 1.41 bits per heavy atom. The molecule has 17 heavy (non-hydrogen) atoms. The van der Waals surface area contributed by atoms with Crippen LogP contribution < -0.4 is 0 Å². The Balaban J connectivity index is 2.77. The molecule has 2 atom stereocenters. The van der Waals surface area contributed by atoms with E-state index in [0.717, 1.165) is 5.57 Å². The lowest BCUT2D eigenvalue weighted by atomic mass is 9.64. The highest BCUT2D eigenvalue weighted by molar-refractivity contribution is 5.81. The van der Waals surface area contributed by atoms with Crippen molar-refractivity contribution in [1.29, 1.82) is 0 Å². The second kappa shape index (κ2) is 5.52. The summed E-state index contributed by atoms with van der Waals surface area (Å²) in [6.45, 7) is 8.76. The van der Waals surface area contributed by atoms with Crippen LogP contribution in [0.15, 0.2) is 23.8 Å². The van der Waals surface area contributed by atoms with Crippen LogP contribution in [0.3, 0.4) is 0 Å². The van der Waals surface area contributed by atoms with Crippen LogP contribution in [-0.2, 0) is 4.79 Å². The molecule has 0 radical (unpaired) electrons. The monoisotopic (exact) mass is 236 g/mol. The zero-order chi connectivity index (χ0) is 13.1. The summed E-state index contributed by atoms with van der Waals surface area (Å²) < 4.78 is 0. The first-order valence-corrected chi connectivity index (χ1v) is 6.42. The van der Waals surface area contributed by atoms with Gasteiger partial charge in [-0.15, -0.1) is 0 Å². The van der Waals surface area contributed by atoms with Gasteiger partial charge in [0, 0.05) is 6.08 Å². The van der Waals surface area contributed by atoms with E-state index in [2.05, 4.69) is 26.8 Å². The van der Waals surface area contributed by atoms with Gasteiger partial charge in [-0.25, -0.2) is 4.79 Å². The van der Waals surface area contributed by atoms with Crippen LogP contribution in [-0.4, -0.2) is 11.1 Å². The van der Waals surface area contributed by atoms with E-state index in [9.17, 15) is 4.79 Å². The number of carboxylic acids is 1. The van der Waals surface area contributed by atoms with Crippen molar-refractivity contribution in [3.05, 3.63) is 23.8 Å². The molecule has 0 aromatic rings. The Hall–Kier alpha value is -1.05. The van der Waals surface area contributed by atoms with Crippen LogP contribution in [0.2, 0.25) is 0 Å². The summed E-state index contributed by atoms with van der Waals surface area (Å²) in [6, 6.07) is 0. The van der Waals surface area contributed by atoms with Gasteiger partial charge in [0.1, 0.15) is 0 Å². The predicted octanol–water partition coefficient (Wildman–Crippen LogP) is 4.04. The van der Waals surface area contributed by atoms with Gasteiger partial charge in [-0.1, -0.05) is 45.8 Å². The molecule has 0 aromatic carbocycles. The summed E-state index contributed by atoms with van der Waals surface area (Å²) >= 11 is 0. The zero-order valence-corrected chi connectivity index (χ0v) is 11.4. The lowest BCUT2D eigenvalue weighted by Crippen LogP contribution is -2.32. The van der Waals surface area contributed by atoms with Crippen LogP contribution in [0.25, 0.3) is 0 Å². The van der Waals surface area contributed by atoms with E-state index in [1.807, 2.05) is 13.0 Å². The largest absolute Gasteiger partial charge is 0.478 e. The van der Waals surface area contributed by atoms with Crippen LogP contribution in [0.4, 0.5) is 0 Å². The Morgan fingerprint density at radius 3 is 2.59 bits per heavy atom. The van der Waals surface area contributed by atoms with Crippen LogP contribution in [0.5, 0.6) is 0 Å². The van der Waals surface area contributed by atoms with Crippen LogP contribution in [0.1, 0.15) is 47.0 Å². The Labute approximate surface area is 104 Å². The van der Waals surface area contributed by atoms with E-state index in [4.69, 9.17) is 5.11 Å². The average molecular weight is 236 g/mol. The maximum atomic E-state index is 10.5. The minimum atomic E-state index is -0.872. The first-order valence-electron chi connectivity index (χ1n) is 6.42. The van der Waals surface area contributed by atoms with Gasteiger partial charge in [-0.2, -0.15) is 0 Å². The fraction of sp³-hybridized carbons (Fsp3) is 0.667. The van der Waals surface area contributed by atoms with Gasteiger partial charge in [0.05, 0.1) is 0 Å². The average Bonchev–Trinajstić information content (AvgIpc) is 2.14. The molecule has 1 saturated carbocycles. The maximum Gasteiger partial charge on any atom is 0.328 e. The van der Waals surface area contributed by atoms with Gasteiger partial charge in [0.25, 0.3) is 0 Å². The quantitative estimate of drug-likeness (QED) is 0.593. The van der Waals surface area contributed by atoms with Crippen molar-refractivity contribution in [3.8, 4) is 0 Å². The van der Waals surface area contributed by atoms with E-state index in [0.29, 0.717) is 17.3 Å². The summed E-state index contributed by atoms with van der Waals surface area (Å²) in [4.78, 5) is 10.5. The molecule has 1 aliphatic carbocycles.